The van der Waals surface area contributed by atoms with E-state index in [2.05, 4.69) is 21.8 Å². The number of benzene rings is 1. The minimum atomic E-state index is -1.21. The van der Waals surface area contributed by atoms with E-state index >= 15 is 0 Å². The van der Waals surface area contributed by atoms with E-state index in [1.165, 1.54) is 0 Å². The molecule has 0 spiro atoms. The number of nitrogens with zero attached hydrogens (tertiary/aromatic N) is 2. The average Bonchev–Trinajstić information content (AvgIpc) is 2.62. The first-order valence-corrected chi connectivity index (χ1v) is 8.29. The fraction of sp³-hybridized carbons (Fsp3) is 0.350. The lowest BCUT2D eigenvalue weighted by Gasteiger charge is -2.37. The Bertz CT molecular complexity index is 808. The van der Waals surface area contributed by atoms with Crippen LogP contribution in [0.2, 0.25) is 0 Å². The third-order valence-corrected chi connectivity index (χ3v) is 4.68. The zero-order valence-electron chi connectivity index (χ0n) is 14.0. The van der Waals surface area contributed by atoms with Gasteiger partial charge in [0.15, 0.2) is 0 Å². The predicted molar refractivity (Wildman–Crippen MR) is 92.8 cm³/mol. The van der Waals surface area contributed by atoms with Crippen LogP contribution in [0.5, 0.6) is 0 Å². The maximum atomic E-state index is 11.6. The molecule has 1 aliphatic rings. The summed E-state index contributed by atoms with van der Waals surface area (Å²) in [5.74, 6) is 4.92. The summed E-state index contributed by atoms with van der Waals surface area (Å²) in [5.41, 5.74) is 0.348. The van der Waals surface area contributed by atoms with Crippen molar-refractivity contribution in [2.45, 2.75) is 37.7 Å². The summed E-state index contributed by atoms with van der Waals surface area (Å²) in [6.45, 7) is 1.79. The van der Waals surface area contributed by atoms with Gasteiger partial charge in [-0.15, -0.1) is 0 Å². The number of hydrogen-bond donors (Lipinski definition) is 2. The number of carboxylic acids is 1. The second-order valence-electron chi connectivity index (χ2n) is 6.51. The largest absolute Gasteiger partial charge is 0.481 e. The molecule has 1 saturated carbocycles. The molecule has 1 fully saturated rings. The zero-order valence-corrected chi connectivity index (χ0v) is 14.0. The van der Waals surface area contributed by atoms with Crippen molar-refractivity contribution in [2.24, 2.45) is 5.92 Å². The molecule has 1 aromatic carbocycles. The highest BCUT2D eigenvalue weighted by Gasteiger charge is 2.42. The van der Waals surface area contributed by atoms with E-state index in [4.69, 9.17) is 0 Å². The van der Waals surface area contributed by atoms with Crippen LogP contribution < -0.4 is 0 Å². The maximum Gasteiger partial charge on any atom is 0.307 e. The summed E-state index contributed by atoms with van der Waals surface area (Å²) in [6, 6.07) is 9.49. The molecule has 128 valence electrons. The molecule has 3 rings (SSSR count). The van der Waals surface area contributed by atoms with Crippen LogP contribution in [0.4, 0.5) is 0 Å². The Hall–Kier alpha value is -2.71. The van der Waals surface area contributed by atoms with Crippen LogP contribution in [0.15, 0.2) is 42.7 Å². The van der Waals surface area contributed by atoms with Crippen molar-refractivity contribution in [3.63, 3.8) is 0 Å². The van der Waals surface area contributed by atoms with Crippen LogP contribution in [0.1, 0.15) is 42.1 Å². The van der Waals surface area contributed by atoms with Gasteiger partial charge in [-0.25, -0.2) is 9.97 Å². The Kier molecular flexibility index (Phi) is 4.82. The Morgan fingerprint density at radius 3 is 2.56 bits per heavy atom. The molecule has 0 aliphatic heterocycles. The van der Waals surface area contributed by atoms with Gasteiger partial charge in [0.1, 0.15) is 11.4 Å². The Labute approximate surface area is 146 Å². The van der Waals surface area contributed by atoms with E-state index in [0.717, 1.165) is 5.56 Å². The number of aliphatic carboxylic acids is 1. The quantitative estimate of drug-likeness (QED) is 0.824. The van der Waals surface area contributed by atoms with Crippen molar-refractivity contribution in [1.29, 1.82) is 0 Å². The van der Waals surface area contributed by atoms with E-state index < -0.39 is 17.5 Å². The summed E-state index contributed by atoms with van der Waals surface area (Å²) in [6.07, 6.45) is 4.28. The van der Waals surface area contributed by atoms with E-state index in [1.807, 2.05) is 30.3 Å². The number of hydrogen-bond acceptors (Lipinski definition) is 4. The smallest absolute Gasteiger partial charge is 0.307 e. The monoisotopic (exact) mass is 336 g/mol. The highest BCUT2D eigenvalue weighted by molar-refractivity contribution is 5.71. The molecule has 2 N–H and O–H groups in total. The Morgan fingerprint density at radius 1 is 1.24 bits per heavy atom. The van der Waals surface area contributed by atoms with Gasteiger partial charge in [0.2, 0.25) is 0 Å². The van der Waals surface area contributed by atoms with E-state index in [-0.39, 0.29) is 5.92 Å². The van der Waals surface area contributed by atoms with Gasteiger partial charge in [-0.1, -0.05) is 42.2 Å². The molecule has 0 amide bonds. The zero-order chi connectivity index (χ0) is 17.9. The first-order chi connectivity index (χ1) is 12.0. The molecule has 1 aliphatic carbocycles. The van der Waals surface area contributed by atoms with Crippen LogP contribution in [0.25, 0.3) is 0 Å². The minimum Gasteiger partial charge on any atom is -0.481 e. The molecule has 2 aromatic rings. The number of aromatic nitrogens is 2. The van der Waals surface area contributed by atoms with Crippen LogP contribution in [-0.4, -0.2) is 31.8 Å². The van der Waals surface area contributed by atoms with Gasteiger partial charge in [-0.2, -0.15) is 0 Å². The Balaban J connectivity index is 1.86. The van der Waals surface area contributed by atoms with Crippen molar-refractivity contribution < 1.29 is 15.0 Å². The normalized spacial score (nSPS) is 25.7. The minimum absolute atomic E-state index is 0.263. The molecule has 0 radical (unpaired) electrons. The van der Waals surface area contributed by atoms with Crippen molar-refractivity contribution >= 4 is 5.97 Å². The molecule has 1 heterocycles. The van der Waals surface area contributed by atoms with Crippen LogP contribution in [0, 0.1) is 24.7 Å². The lowest BCUT2D eigenvalue weighted by Crippen LogP contribution is -2.39. The summed E-state index contributed by atoms with van der Waals surface area (Å²) >= 11 is 0. The maximum absolute atomic E-state index is 11.6. The van der Waals surface area contributed by atoms with E-state index in [1.54, 1.807) is 19.3 Å². The van der Waals surface area contributed by atoms with Gasteiger partial charge in [-0.3, -0.25) is 4.79 Å². The van der Waals surface area contributed by atoms with Crippen molar-refractivity contribution in [3.8, 4) is 11.8 Å². The Morgan fingerprint density at radius 2 is 1.92 bits per heavy atom. The predicted octanol–water partition coefficient (Wildman–Crippen LogP) is 2.54. The average molecular weight is 336 g/mol. The van der Waals surface area contributed by atoms with E-state index in [9.17, 15) is 15.0 Å². The third kappa shape index (κ3) is 4.04. The summed E-state index contributed by atoms with van der Waals surface area (Å²) in [4.78, 5) is 19.8. The van der Waals surface area contributed by atoms with Gasteiger partial charge in [0, 0.05) is 18.3 Å². The summed E-state index contributed by atoms with van der Waals surface area (Å²) in [7, 11) is 0. The standard InChI is InChI=1S/C20H20N2O3/c1-14-21-12-15(13-22-14)7-9-20(25)10-8-17(19(23)24)18(11-20)16-5-3-2-4-6-16/h2-6,12-13,17-18,25H,8,10-11H2,1H3,(H,23,24)/t17-,18+,20?/m1/s1. The van der Waals surface area contributed by atoms with Gasteiger partial charge in [0.25, 0.3) is 0 Å². The number of carbonyl (C=O) groups is 1. The van der Waals surface area contributed by atoms with Gasteiger partial charge < -0.3 is 10.2 Å². The number of aliphatic hydroxyl groups is 1. The molecule has 5 nitrogen and oxygen atoms in total. The molecule has 25 heavy (non-hydrogen) atoms. The lowest BCUT2D eigenvalue weighted by molar-refractivity contribution is -0.145. The SMILES string of the molecule is Cc1ncc(C#CC2(O)CC[C@@H](C(=O)O)[C@H](c3ccccc3)C2)cn1. The number of rotatable bonds is 2. The molecular formula is C20H20N2O3. The molecule has 5 heteroatoms. The summed E-state index contributed by atoms with van der Waals surface area (Å²) in [5, 5.41) is 20.5. The van der Waals surface area contributed by atoms with Crippen LogP contribution in [0.3, 0.4) is 0 Å². The van der Waals surface area contributed by atoms with Crippen molar-refractivity contribution in [1.82, 2.24) is 9.97 Å². The molecule has 1 unspecified atom stereocenters. The van der Waals surface area contributed by atoms with Gasteiger partial charge in [-0.05, 0) is 31.7 Å². The summed E-state index contributed by atoms with van der Waals surface area (Å²) < 4.78 is 0. The fourth-order valence-electron chi connectivity index (χ4n) is 3.31. The molecule has 1 aromatic heterocycles. The molecule has 0 bridgehead atoms. The topological polar surface area (TPSA) is 83.3 Å². The van der Waals surface area contributed by atoms with Crippen LogP contribution >= 0.6 is 0 Å². The fourth-order valence-corrected chi connectivity index (χ4v) is 3.31. The first-order valence-electron chi connectivity index (χ1n) is 8.29. The second-order valence-corrected chi connectivity index (χ2v) is 6.51. The van der Waals surface area contributed by atoms with E-state index in [0.29, 0.717) is 30.7 Å². The van der Waals surface area contributed by atoms with Gasteiger partial charge >= 0.3 is 5.97 Å². The second kappa shape index (κ2) is 7.04. The van der Waals surface area contributed by atoms with Gasteiger partial charge in [0.05, 0.1) is 11.5 Å². The van der Waals surface area contributed by atoms with Crippen LogP contribution in [-0.2, 0) is 4.79 Å². The number of carboxylic acid groups (broad SMARTS) is 1. The lowest BCUT2D eigenvalue weighted by atomic mass is 9.69. The first kappa shape index (κ1) is 17.1. The van der Waals surface area contributed by atoms with Crippen molar-refractivity contribution in [3.05, 3.63) is 59.7 Å². The molecular weight excluding hydrogens is 316 g/mol. The molecule has 0 saturated heterocycles. The third-order valence-electron chi connectivity index (χ3n) is 4.68. The van der Waals surface area contributed by atoms with Crippen molar-refractivity contribution in [2.75, 3.05) is 0 Å². The highest BCUT2D eigenvalue weighted by atomic mass is 16.4. The highest BCUT2D eigenvalue weighted by Crippen LogP contribution is 2.42. The number of aryl methyl sites for hydroxylation is 1. The molecule has 3 atom stereocenters.